The molecule has 0 aliphatic heterocycles. The van der Waals surface area contributed by atoms with Gasteiger partial charge in [-0.15, -0.1) is 0 Å². The van der Waals surface area contributed by atoms with E-state index >= 15 is 0 Å². The summed E-state index contributed by atoms with van der Waals surface area (Å²) in [5.74, 6) is 2.01. The number of hydrogen-bond donors (Lipinski definition) is 2. The molecule has 1 saturated carbocycles. The second kappa shape index (κ2) is 6.75. The van der Waals surface area contributed by atoms with Gasteiger partial charge in [0, 0.05) is 16.6 Å². The van der Waals surface area contributed by atoms with Crippen molar-refractivity contribution >= 4 is 49.6 Å². The van der Waals surface area contributed by atoms with E-state index in [2.05, 4.69) is 31.2 Å². The van der Waals surface area contributed by atoms with E-state index in [1.165, 1.54) is 25.7 Å². The first-order valence-corrected chi connectivity index (χ1v) is 8.87. The van der Waals surface area contributed by atoms with Gasteiger partial charge in [-0.25, -0.2) is 4.98 Å². The third-order valence-electron chi connectivity index (χ3n) is 3.71. The van der Waals surface area contributed by atoms with E-state index in [-0.39, 0.29) is 0 Å². The first kappa shape index (κ1) is 14.8. The second-order valence-corrected chi connectivity index (χ2v) is 7.13. The molecule has 0 amide bonds. The molecule has 6 heteroatoms. The maximum Gasteiger partial charge on any atom is 0.127 e. The number of nitrogens with zero attached hydrogens (tertiary/aromatic N) is 2. The van der Waals surface area contributed by atoms with E-state index in [4.69, 9.17) is 5.41 Å². The molecule has 0 spiro atoms. The summed E-state index contributed by atoms with van der Waals surface area (Å²) >= 11 is 5.00. The van der Waals surface area contributed by atoms with Crippen molar-refractivity contribution in [2.75, 3.05) is 11.2 Å². The van der Waals surface area contributed by atoms with Crippen molar-refractivity contribution in [3.8, 4) is 0 Å². The van der Waals surface area contributed by atoms with Crippen molar-refractivity contribution in [1.82, 2.24) is 9.97 Å². The molecule has 2 aromatic heterocycles. The molecule has 1 fully saturated rings. The molecule has 0 atom stereocenters. The predicted molar refractivity (Wildman–Crippen MR) is 93.0 cm³/mol. The van der Waals surface area contributed by atoms with E-state index in [0.717, 1.165) is 26.4 Å². The predicted octanol–water partition coefficient (Wildman–Crippen LogP) is 4.66. The Bertz CT molecular complexity index is 655. The topological polar surface area (TPSA) is 61.7 Å². The van der Waals surface area contributed by atoms with Crippen molar-refractivity contribution in [2.45, 2.75) is 25.7 Å². The highest BCUT2D eigenvalue weighted by atomic mass is 79.9. The van der Waals surface area contributed by atoms with Gasteiger partial charge in [0.05, 0.1) is 22.0 Å². The lowest BCUT2D eigenvalue weighted by atomic mass is 10.1. The van der Waals surface area contributed by atoms with Gasteiger partial charge >= 0.3 is 0 Å². The van der Waals surface area contributed by atoms with Gasteiger partial charge in [-0.2, -0.15) is 0 Å². The quantitative estimate of drug-likeness (QED) is 0.470. The normalized spacial score (nSPS) is 15.5. The summed E-state index contributed by atoms with van der Waals surface area (Å²) in [7, 11) is 0. The van der Waals surface area contributed by atoms with Crippen LogP contribution in [0.4, 0.5) is 5.82 Å². The van der Waals surface area contributed by atoms with Crippen LogP contribution in [0.1, 0.15) is 25.7 Å². The Kier molecular flexibility index (Phi) is 4.75. The molecule has 110 valence electrons. The Morgan fingerprint density at radius 3 is 2.95 bits per heavy atom. The number of aromatic nitrogens is 2. The number of thioether (sulfide) groups is 1. The van der Waals surface area contributed by atoms with E-state index in [9.17, 15) is 0 Å². The Labute approximate surface area is 136 Å². The Morgan fingerprint density at radius 2 is 2.14 bits per heavy atom. The van der Waals surface area contributed by atoms with Crippen LogP contribution in [0.5, 0.6) is 0 Å². The number of hydrogen-bond acceptors (Lipinski definition) is 5. The summed E-state index contributed by atoms with van der Waals surface area (Å²) in [6, 6.07) is 5.86. The summed E-state index contributed by atoms with van der Waals surface area (Å²) in [6.07, 6.45) is 6.68. The molecular formula is C15H17BrN4S. The Balaban J connectivity index is 1.58. The molecule has 2 aromatic rings. The Hall–Kier alpha value is -1.14. The van der Waals surface area contributed by atoms with E-state index in [0.29, 0.717) is 11.8 Å². The molecule has 0 bridgehead atoms. The maximum absolute atomic E-state index is 8.10. The summed E-state index contributed by atoms with van der Waals surface area (Å²) in [5, 5.41) is 12.2. The smallest absolute Gasteiger partial charge is 0.127 e. The highest BCUT2D eigenvalue weighted by Gasteiger charge is 2.19. The standard InChI is InChI=1S/C15H17BrN4S/c16-11-7-13-12(18-8-11)5-6-14(20-13)19-9-21-15(17)10-3-1-2-4-10/h5-8,10,17H,1-4,9H2,(H,19,20). The molecule has 0 radical (unpaired) electrons. The number of pyridine rings is 2. The molecule has 2 heterocycles. The van der Waals surface area contributed by atoms with Crippen LogP contribution in [-0.2, 0) is 0 Å². The maximum atomic E-state index is 8.10. The molecular weight excluding hydrogens is 348 g/mol. The molecule has 0 saturated heterocycles. The lowest BCUT2D eigenvalue weighted by molar-refractivity contribution is 0.736. The summed E-state index contributed by atoms with van der Waals surface area (Å²) < 4.78 is 0.928. The van der Waals surface area contributed by atoms with Gasteiger partial charge < -0.3 is 5.32 Å². The molecule has 2 N–H and O–H groups in total. The van der Waals surface area contributed by atoms with Gasteiger partial charge in [-0.05, 0) is 47.0 Å². The fraction of sp³-hybridized carbons (Fsp3) is 0.400. The highest BCUT2D eigenvalue weighted by Crippen LogP contribution is 2.29. The SMILES string of the molecule is N=C(SCNc1ccc2ncc(Br)cc2n1)C1CCCC1. The first-order valence-electron chi connectivity index (χ1n) is 7.10. The van der Waals surface area contributed by atoms with Gasteiger partial charge in [0.25, 0.3) is 0 Å². The molecule has 3 rings (SSSR count). The van der Waals surface area contributed by atoms with Crippen molar-refractivity contribution in [2.24, 2.45) is 5.92 Å². The third kappa shape index (κ3) is 3.74. The van der Waals surface area contributed by atoms with Crippen LogP contribution < -0.4 is 5.32 Å². The number of halogens is 1. The number of anilines is 1. The molecule has 4 nitrogen and oxygen atoms in total. The number of fused-ring (bicyclic) bond motifs is 1. The molecule has 0 unspecified atom stereocenters. The lowest BCUT2D eigenvalue weighted by Crippen LogP contribution is -2.09. The van der Waals surface area contributed by atoms with Gasteiger partial charge in [0.1, 0.15) is 5.82 Å². The fourth-order valence-corrected chi connectivity index (χ4v) is 3.74. The summed E-state index contributed by atoms with van der Waals surface area (Å²) in [6.45, 7) is 0. The van der Waals surface area contributed by atoms with Crippen LogP contribution in [0, 0.1) is 11.3 Å². The second-order valence-electron chi connectivity index (χ2n) is 5.20. The monoisotopic (exact) mass is 364 g/mol. The van der Waals surface area contributed by atoms with Gasteiger partial charge in [-0.3, -0.25) is 10.4 Å². The van der Waals surface area contributed by atoms with Crippen molar-refractivity contribution < 1.29 is 0 Å². The fourth-order valence-electron chi connectivity index (χ4n) is 2.57. The zero-order chi connectivity index (χ0) is 14.7. The zero-order valence-electron chi connectivity index (χ0n) is 11.6. The number of nitrogens with one attached hydrogen (secondary N) is 2. The van der Waals surface area contributed by atoms with E-state index in [1.54, 1.807) is 18.0 Å². The van der Waals surface area contributed by atoms with Crippen molar-refractivity contribution in [3.05, 3.63) is 28.9 Å². The number of rotatable bonds is 4. The minimum absolute atomic E-state index is 0.488. The molecule has 21 heavy (non-hydrogen) atoms. The molecule has 0 aromatic carbocycles. The van der Waals surface area contributed by atoms with Crippen LogP contribution in [-0.4, -0.2) is 20.9 Å². The van der Waals surface area contributed by atoms with Crippen LogP contribution in [0.25, 0.3) is 11.0 Å². The molecule has 1 aliphatic rings. The van der Waals surface area contributed by atoms with Crippen LogP contribution in [0.15, 0.2) is 28.9 Å². The molecule has 1 aliphatic carbocycles. The first-order chi connectivity index (χ1) is 10.2. The Morgan fingerprint density at radius 1 is 1.33 bits per heavy atom. The summed E-state index contributed by atoms with van der Waals surface area (Å²) in [5.41, 5.74) is 1.75. The minimum atomic E-state index is 0.488. The third-order valence-corrected chi connectivity index (χ3v) is 5.08. The average molecular weight is 365 g/mol. The average Bonchev–Trinajstić information content (AvgIpc) is 3.01. The zero-order valence-corrected chi connectivity index (χ0v) is 14.0. The van der Waals surface area contributed by atoms with Gasteiger partial charge in [0.15, 0.2) is 0 Å². The van der Waals surface area contributed by atoms with Crippen molar-refractivity contribution in [1.29, 1.82) is 5.41 Å². The van der Waals surface area contributed by atoms with Gasteiger partial charge in [-0.1, -0.05) is 24.6 Å². The van der Waals surface area contributed by atoms with Crippen LogP contribution in [0.2, 0.25) is 0 Å². The van der Waals surface area contributed by atoms with E-state index in [1.807, 2.05) is 18.2 Å². The van der Waals surface area contributed by atoms with Gasteiger partial charge in [0.2, 0.25) is 0 Å². The van der Waals surface area contributed by atoms with Crippen molar-refractivity contribution in [3.63, 3.8) is 0 Å². The van der Waals surface area contributed by atoms with Crippen LogP contribution >= 0.6 is 27.7 Å². The summed E-state index contributed by atoms with van der Waals surface area (Å²) in [4.78, 5) is 8.85. The largest absolute Gasteiger partial charge is 0.361 e. The lowest BCUT2D eigenvalue weighted by Gasteiger charge is -2.11. The highest BCUT2D eigenvalue weighted by molar-refractivity contribution is 9.10. The minimum Gasteiger partial charge on any atom is -0.361 e. The van der Waals surface area contributed by atoms with E-state index < -0.39 is 0 Å². The van der Waals surface area contributed by atoms with Crippen LogP contribution in [0.3, 0.4) is 0 Å².